The van der Waals surface area contributed by atoms with E-state index in [2.05, 4.69) is 19.1 Å². The third kappa shape index (κ3) is 3.43. The fourth-order valence-corrected chi connectivity index (χ4v) is 5.87. The smallest absolute Gasteiger partial charge is 0.151 e. The summed E-state index contributed by atoms with van der Waals surface area (Å²) in [5, 5.41) is 0.202. The molecular formula is C15H15ClN2S3. The van der Waals surface area contributed by atoms with Crippen molar-refractivity contribution in [1.82, 2.24) is 4.98 Å². The third-order valence-electron chi connectivity index (χ3n) is 3.24. The number of hydrogen-bond acceptors (Lipinski definition) is 5. The highest BCUT2D eigenvalue weighted by atomic mass is 35.5. The number of halogens is 1. The van der Waals surface area contributed by atoms with E-state index in [9.17, 15) is 0 Å². The molecule has 0 amide bonds. The molecule has 0 aliphatic rings. The highest BCUT2D eigenvalue weighted by Crippen LogP contribution is 2.44. The molecule has 0 spiro atoms. The van der Waals surface area contributed by atoms with Crippen molar-refractivity contribution in [1.29, 1.82) is 0 Å². The van der Waals surface area contributed by atoms with Gasteiger partial charge in [-0.1, -0.05) is 42.4 Å². The maximum absolute atomic E-state index is 6.32. The van der Waals surface area contributed by atoms with Crippen LogP contribution in [0, 0.1) is 0 Å². The lowest BCUT2D eigenvalue weighted by molar-refractivity contribution is 0.640. The van der Waals surface area contributed by atoms with Crippen molar-refractivity contribution in [3.8, 4) is 0 Å². The van der Waals surface area contributed by atoms with E-state index in [1.165, 1.54) is 9.58 Å². The fraction of sp³-hybridized carbons (Fsp3) is 0.267. The van der Waals surface area contributed by atoms with E-state index >= 15 is 0 Å². The lowest BCUT2D eigenvalue weighted by Crippen LogP contribution is -2.25. The molecule has 2 nitrogen and oxygen atoms in total. The Kier molecular flexibility index (Phi) is 4.86. The van der Waals surface area contributed by atoms with E-state index in [-0.39, 0.29) is 11.3 Å². The van der Waals surface area contributed by atoms with Crippen molar-refractivity contribution >= 4 is 56.3 Å². The molecular weight excluding hydrogens is 340 g/mol. The monoisotopic (exact) mass is 354 g/mol. The van der Waals surface area contributed by atoms with Crippen molar-refractivity contribution < 1.29 is 0 Å². The zero-order valence-electron chi connectivity index (χ0n) is 11.5. The van der Waals surface area contributed by atoms with Gasteiger partial charge in [0.25, 0.3) is 0 Å². The molecule has 0 aliphatic heterocycles. The Morgan fingerprint density at radius 2 is 2.05 bits per heavy atom. The average molecular weight is 355 g/mol. The summed E-state index contributed by atoms with van der Waals surface area (Å²) in [6.45, 7) is 2.12. The molecule has 3 rings (SSSR count). The molecule has 2 heterocycles. The number of nitrogens with zero attached hydrogens (tertiary/aromatic N) is 1. The van der Waals surface area contributed by atoms with E-state index in [0.717, 1.165) is 20.6 Å². The van der Waals surface area contributed by atoms with Gasteiger partial charge in [-0.15, -0.1) is 22.7 Å². The summed E-state index contributed by atoms with van der Waals surface area (Å²) in [5.74, 6) is 0. The second kappa shape index (κ2) is 6.67. The number of fused-ring (bicyclic) bond motifs is 1. The Labute approximate surface area is 141 Å². The molecule has 2 N–H and O–H groups in total. The number of thioether (sulfide) groups is 1. The Bertz CT molecular complexity index is 704. The Morgan fingerprint density at radius 1 is 1.24 bits per heavy atom. The van der Waals surface area contributed by atoms with Crippen LogP contribution in [0.3, 0.4) is 0 Å². The summed E-state index contributed by atoms with van der Waals surface area (Å²) in [4.78, 5) is 5.92. The summed E-state index contributed by atoms with van der Waals surface area (Å²) >= 11 is 11.2. The molecule has 3 aromatic rings. The molecule has 110 valence electrons. The normalized spacial score (nSPS) is 14.4. The maximum atomic E-state index is 6.32. The molecule has 0 radical (unpaired) electrons. The minimum Gasteiger partial charge on any atom is -0.326 e. The first-order chi connectivity index (χ1) is 10.2. The van der Waals surface area contributed by atoms with Gasteiger partial charge in [0, 0.05) is 10.9 Å². The van der Waals surface area contributed by atoms with Crippen LogP contribution in [0.15, 0.2) is 40.7 Å². The Hall–Kier alpha value is -0.590. The summed E-state index contributed by atoms with van der Waals surface area (Å²) < 4.78 is 3.09. The molecule has 6 heteroatoms. The van der Waals surface area contributed by atoms with Gasteiger partial charge in [0.2, 0.25) is 0 Å². The van der Waals surface area contributed by atoms with Gasteiger partial charge in [-0.3, -0.25) is 0 Å². The Balaban J connectivity index is 1.90. The number of para-hydroxylation sites is 1. The lowest BCUT2D eigenvalue weighted by atomic mass is 10.1. The predicted molar refractivity (Wildman–Crippen MR) is 95.8 cm³/mol. The molecule has 21 heavy (non-hydrogen) atoms. The number of aromatic nitrogens is 1. The molecule has 1 aromatic carbocycles. The summed E-state index contributed by atoms with van der Waals surface area (Å²) in [6, 6.07) is 12.3. The highest BCUT2D eigenvalue weighted by Gasteiger charge is 2.23. The SMILES string of the molecule is CCC(N)C(Sc1nc2ccccc2s1)c1ccc(Cl)s1. The molecule has 0 saturated carbocycles. The molecule has 2 atom stereocenters. The van der Waals surface area contributed by atoms with Crippen LogP contribution in [0.2, 0.25) is 4.34 Å². The van der Waals surface area contributed by atoms with Crippen molar-refractivity contribution in [3.05, 3.63) is 45.6 Å². The largest absolute Gasteiger partial charge is 0.326 e. The van der Waals surface area contributed by atoms with Crippen LogP contribution >= 0.6 is 46.0 Å². The first-order valence-corrected chi connectivity index (χ1v) is 9.59. The van der Waals surface area contributed by atoms with E-state index < -0.39 is 0 Å². The van der Waals surface area contributed by atoms with Crippen LogP contribution in [0.4, 0.5) is 0 Å². The summed E-state index contributed by atoms with van der Waals surface area (Å²) in [6.07, 6.45) is 0.929. The van der Waals surface area contributed by atoms with Gasteiger partial charge in [0.05, 0.1) is 19.8 Å². The van der Waals surface area contributed by atoms with E-state index in [4.69, 9.17) is 22.3 Å². The second-order valence-corrected chi connectivity index (χ2v) is 8.87. The average Bonchev–Trinajstić information content (AvgIpc) is 3.09. The van der Waals surface area contributed by atoms with Crippen molar-refractivity contribution in [2.75, 3.05) is 0 Å². The lowest BCUT2D eigenvalue weighted by Gasteiger charge is -2.19. The van der Waals surface area contributed by atoms with Gasteiger partial charge in [-0.2, -0.15) is 0 Å². The van der Waals surface area contributed by atoms with E-state index in [1.807, 2.05) is 24.3 Å². The first kappa shape index (κ1) is 15.3. The quantitative estimate of drug-likeness (QED) is 0.607. The van der Waals surface area contributed by atoms with Crippen LogP contribution < -0.4 is 5.73 Å². The predicted octanol–water partition coefficient (Wildman–Crippen LogP) is 5.58. The van der Waals surface area contributed by atoms with Crippen molar-refractivity contribution in [2.24, 2.45) is 5.73 Å². The molecule has 0 fully saturated rings. The number of thiazole rings is 1. The van der Waals surface area contributed by atoms with Gasteiger partial charge in [-0.25, -0.2) is 4.98 Å². The second-order valence-electron chi connectivity index (χ2n) is 4.70. The van der Waals surface area contributed by atoms with Crippen LogP contribution in [0.25, 0.3) is 10.2 Å². The molecule has 2 unspecified atom stereocenters. The maximum Gasteiger partial charge on any atom is 0.151 e. The van der Waals surface area contributed by atoms with Gasteiger partial charge >= 0.3 is 0 Å². The first-order valence-electron chi connectivity index (χ1n) is 6.70. The van der Waals surface area contributed by atoms with E-state index in [0.29, 0.717) is 0 Å². The van der Waals surface area contributed by atoms with Crippen LogP contribution in [0.5, 0.6) is 0 Å². The molecule has 0 bridgehead atoms. The number of benzene rings is 1. The number of thiophene rings is 1. The summed E-state index contributed by atoms with van der Waals surface area (Å²) in [5.41, 5.74) is 7.37. The van der Waals surface area contributed by atoms with Crippen molar-refractivity contribution in [3.63, 3.8) is 0 Å². The van der Waals surface area contributed by atoms with Crippen LogP contribution in [-0.4, -0.2) is 11.0 Å². The number of hydrogen-bond donors (Lipinski definition) is 1. The number of nitrogens with two attached hydrogens (primary N) is 1. The third-order valence-corrected chi connectivity index (χ3v) is 7.22. The summed E-state index contributed by atoms with van der Waals surface area (Å²) in [7, 11) is 0. The molecule has 2 aromatic heterocycles. The van der Waals surface area contributed by atoms with Gasteiger partial charge in [-0.05, 0) is 30.7 Å². The highest BCUT2D eigenvalue weighted by molar-refractivity contribution is 8.01. The van der Waals surface area contributed by atoms with E-state index in [1.54, 1.807) is 34.4 Å². The standard InChI is InChI=1S/C15H15ClN2S3/c1-2-9(17)14(12-7-8-13(16)19-12)21-15-18-10-5-3-4-6-11(10)20-15/h3-9,14H,2,17H2,1H3. The van der Waals surface area contributed by atoms with Crippen LogP contribution in [0.1, 0.15) is 23.5 Å². The number of rotatable bonds is 5. The Morgan fingerprint density at radius 3 is 2.71 bits per heavy atom. The van der Waals surface area contributed by atoms with Gasteiger partial charge in [0.15, 0.2) is 4.34 Å². The molecule has 0 saturated heterocycles. The topological polar surface area (TPSA) is 38.9 Å². The van der Waals surface area contributed by atoms with Crippen molar-refractivity contribution in [2.45, 2.75) is 29.0 Å². The minimum absolute atomic E-state index is 0.0942. The van der Waals surface area contributed by atoms with Gasteiger partial charge < -0.3 is 5.73 Å². The van der Waals surface area contributed by atoms with Gasteiger partial charge in [0.1, 0.15) is 0 Å². The fourth-order valence-electron chi connectivity index (χ4n) is 2.06. The van der Waals surface area contributed by atoms with Crippen LogP contribution in [-0.2, 0) is 0 Å². The molecule has 0 aliphatic carbocycles. The zero-order chi connectivity index (χ0) is 14.8. The minimum atomic E-state index is 0.0942. The zero-order valence-corrected chi connectivity index (χ0v) is 14.7.